The molecule has 0 aromatic heterocycles. The number of unbranched alkanes of at least 4 members (excludes halogenated alkanes) is 2. The Morgan fingerprint density at radius 3 is 2.63 bits per heavy atom. The highest BCUT2D eigenvalue weighted by atomic mass is 79.9. The molecule has 4 nitrogen and oxygen atoms in total. The summed E-state index contributed by atoms with van der Waals surface area (Å²) in [5.41, 5.74) is 9.30. The van der Waals surface area contributed by atoms with Gasteiger partial charge in [0.1, 0.15) is 0 Å². The van der Waals surface area contributed by atoms with Crippen LogP contribution in [-0.2, 0) is 9.53 Å². The summed E-state index contributed by atoms with van der Waals surface area (Å²) in [6.45, 7) is 0.260. The smallest absolute Gasteiger partial charge is 0.422 e. The van der Waals surface area contributed by atoms with Gasteiger partial charge in [-0.15, -0.1) is 12.3 Å². The summed E-state index contributed by atoms with van der Waals surface area (Å²) in [6.07, 6.45) is 7.26. The molecule has 0 bridgehead atoms. The fraction of sp³-hybridized carbons (Fsp3) is 0.286. The summed E-state index contributed by atoms with van der Waals surface area (Å²) in [7, 11) is 0. The van der Waals surface area contributed by atoms with Gasteiger partial charge in [0.25, 0.3) is 0 Å². The summed E-state index contributed by atoms with van der Waals surface area (Å²) in [5.74, 6) is 1.86. The second-order valence-electron chi connectivity index (χ2n) is 3.75. The highest BCUT2D eigenvalue weighted by molar-refractivity contribution is 9.10. The fourth-order valence-electron chi connectivity index (χ4n) is 1.39. The number of carbonyl (C=O) groups excluding carboxylic acids is 1. The molecule has 0 aliphatic rings. The highest BCUT2D eigenvalue weighted by Gasteiger charge is 2.24. The number of terminal acetylenes is 1. The van der Waals surface area contributed by atoms with E-state index in [2.05, 4.69) is 26.6 Å². The third kappa shape index (κ3) is 5.09. The first-order valence-corrected chi connectivity index (χ1v) is 6.57. The van der Waals surface area contributed by atoms with Crippen molar-refractivity contribution in [2.75, 3.05) is 6.61 Å². The van der Waals surface area contributed by atoms with E-state index in [-0.39, 0.29) is 12.3 Å². The molecule has 5 heteroatoms. The second kappa shape index (κ2) is 8.25. The molecule has 0 saturated heterocycles. The van der Waals surface area contributed by atoms with Crippen molar-refractivity contribution < 1.29 is 14.3 Å². The van der Waals surface area contributed by atoms with Gasteiger partial charge in [0.2, 0.25) is 0 Å². The lowest BCUT2D eigenvalue weighted by molar-refractivity contribution is -0.140. The minimum Gasteiger partial charge on any atom is -0.457 e. The van der Waals surface area contributed by atoms with Crippen molar-refractivity contribution in [2.24, 2.45) is 0 Å². The first-order chi connectivity index (χ1) is 9.19. The Bertz CT molecular complexity index is 525. The number of nitrogens with zero attached hydrogens (tertiary/aromatic N) is 2. The Morgan fingerprint density at radius 1 is 1.37 bits per heavy atom. The van der Waals surface area contributed by atoms with Crippen LogP contribution in [0.5, 0.6) is 0 Å². The number of ether oxygens (including phenoxy) is 1. The van der Waals surface area contributed by atoms with Crippen molar-refractivity contribution in [1.29, 1.82) is 0 Å². The normalized spacial score (nSPS) is 9.26. The fourth-order valence-corrected chi connectivity index (χ4v) is 1.65. The Kier molecular flexibility index (Phi) is 6.59. The molecule has 0 aliphatic carbocycles. The van der Waals surface area contributed by atoms with Crippen LogP contribution in [0.3, 0.4) is 0 Å². The molecule has 0 spiro atoms. The van der Waals surface area contributed by atoms with E-state index in [1.807, 2.05) is 0 Å². The summed E-state index contributed by atoms with van der Waals surface area (Å²) < 4.78 is 5.89. The highest BCUT2D eigenvalue weighted by Crippen LogP contribution is 2.11. The Hall–Kier alpha value is -1.89. The number of benzene rings is 1. The predicted molar refractivity (Wildman–Crippen MR) is 75.5 cm³/mol. The number of halogens is 1. The molecular formula is C14H13BrN2O2. The molecule has 0 fully saturated rings. The third-order valence-corrected chi connectivity index (χ3v) is 2.89. The van der Waals surface area contributed by atoms with Crippen LogP contribution in [0.25, 0.3) is 5.53 Å². The van der Waals surface area contributed by atoms with E-state index in [0.717, 1.165) is 10.9 Å². The lowest BCUT2D eigenvalue weighted by Crippen LogP contribution is -2.20. The quantitative estimate of drug-likeness (QED) is 0.202. The maximum Gasteiger partial charge on any atom is 0.422 e. The molecule has 19 heavy (non-hydrogen) atoms. The Balaban J connectivity index is 2.56. The summed E-state index contributed by atoms with van der Waals surface area (Å²) >= 11 is 3.28. The summed E-state index contributed by atoms with van der Waals surface area (Å²) in [5, 5.41) is 0. The van der Waals surface area contributed by atoms with Crippen molar-refractivity contribution in [3.05, 3.63) is 39.8 Å². The molecule has 98 valence electrons. The molecule has 0 atom stereocenters. The van der Waals surface area contributed by atoms with Gasteiger partial charge in [-0.1, -0.05) is 15.9 Å². The van der Waals surface area contributed by atoms with Gasteiger partial charge in [-0.05, 0) is 37.1 Å². The minimum absolute atomic E-state index is 0.107. The van der Waals surface area contributed by atoms with E-state index in [4.69, 9.17) is 16.7 Å². The van der Waals surface area contributed by atoms with Crippen LogP contribution in [0.2, 0.25) is 0 Å². The van der Waals surface area contributed by atoms with Crippen molar-refractivity contribution in [2.45, 2.75) is 19.3 Å². The summed E-state index contributed by atoms with van der Waals surface area (Å²) in [4.78, 5) is 14.7. The van der Waals surface area contributed by atoms with E-state index >= 15 is 0 Å². The molecular weight excluding hydrogens is 308 g/mol. The lowest BCUT2D eigenvalue weighted by Gasteiger charge is -2.01. The standard InChI is InChI=1S/C14H13BrN2O2/c1-2-3-4-5-10-19-14(18)13(17-16)11-6-8-12(15)9-7-11/h1,6-9H,3-5,10H2. The van der Waals surface area contributed by atoms with Crippen LogP contribution in [0, 0.1) is 12.3 Å². The second-order valence-corrected chi connectivity index (χ2v) is 4.67. The van der Waals surface area contributed by atoms with Crippen LogP contribution < -0.4 is 0 Å². The van der Waals surface area contributed by atoms with Gasteiger partial charge in [0.15, 0.2) is 0 Å². The van der Waals surface area contributed by atoms with Gasteiger partial charge < -0.3 is 10.3 Å². The first kappa shape index (κ1) is 15.2. The third-order valence-electron chi connectivity index (χ3n) is 2.36. The number of rotatable bonds is 6. The maximum absolute atomic E-state index is 11.7. The molecule has 0 N–H and O–H groups in total. The monoisotopic (exact) mass is 320 g/mol. The average Bonchev–Trinajstić information content (AvgIpc) is 2.41. The van der Waals surface area contributed by atoms with E-state index < -0.39 is 5.97 Å². The zero-order chi connectivity index (χ0) is 14.1. The van der Waals surface area contributed by atoms with Crippen LogP contribution >= 0.6 is 15.9 Å². The molecule has 1 aromatic rings. The van der Waals surface area contributed by atoms with E-state index in [1.54, 1.807) is 24.3 Å². The van der Waals surface area contributed by atoms with E-state index in [0.29, 0.717) is 18.4 Å². The minimum atomic E-state index is -0.648. The number of hydrogen-bond donors (Lipinski definition) is 0. The molecule has 0 radical (unpaired) electrons. The van der Waals surface area contributed by atoms with Gasteiger partial charge in [0, 0.05) is 10.9 Å². The van der Waals surface area contributed by atoms with Gasteiger partial charge in [-0.3, -0.25) is 0 Å². The maximum atomic E-state index is 11.7. The van der Waals surface area contributed by atoms with Gasteiger partial charge in [-0.2, -0.15) is 4.79 Å². The van der Waals surface area contributed by atoms with Gasteiger partial charge >= 0.3 is 11.7 Å². The van der Waals surface area contributed by atoms with Crippen LogP contribution in [0.1, 0.15) is 24.8 Å². The van der Waals surface area contributed by atoms with Crippen LogP contribution in [0.4, 0.5) is 0 Å². The van der Waals surface area contributed by atoms with Crippen molar-refractivity contribution in [1.82, 2.24) is 0 Å². The van der Waals surface area contributed by atoms with Crippen molar-refractivity contribution in [3.8, 4) is 12.3 Å². The van der Waals surface area contributed by atoms with Crippen molar-refractivity contribution >= 4 is 27.6 Å². The molecule has 0 amide bonds. The topological polar surface area (TPSA) is 62.7 Å². The Morgan fingerprint density at radius 2 is 2.05 bits per heavy atom. The number of hydrogen-bond acceptors (Lipinski definition) is 2. The molecule has 0 saturated carbocycles. The zero-order valence-electron chi connectivity index (χ0n) is 10.3. The van der Waals surface area contributed by atoms with Gasteiger partial charge in [0.05, 0.1) is 12.2 Å². The van der Waals surface area contributed by atoms with Crippen LogP contribution in [0.15, 0.2) is 28.7 Å². The zero-order valence-corrected chi connectivity index (χ0v) is 11.9. The van der Waals surface area contributed by atoms with E-state index in [1.165, 1.54) is 0 Å². The number of carbonyl (C=O) groups is 1. The van der Waals surface area contributed by atoms with E-state index in [9.17, 15) is 4.79 Å². The molecule has 0 unspecified atom stereocenters. The summed E-state index contributed by atoms with van der Waals surface area (Å²) in [6, 6.07) is 6.83. The Labute approximate surface area is 120 Å². The van der Waals surface area contributed by atoms with Crippen LogP contribution in [-0.4, -0.2) is 23.1 Å². The van der Waals surface area contributed by atoms with Gasteiger partial charge in [-0.25, -0.2) is 4.79 Å². The largest absolute Gasteiger partial charge is 0.457 e. The molecule has 1 aromatic carbocycles. The number of esters is 1. The SMILES string of the molecule is C#CCCCCOC(=O)C(=[N+]=[N-])c1ccc(Br)cc1. The lowest BCUT2D eigenvalue weighted by atomic mass is 10.1. The molecule has 0 aliphatic heterocycles. The van der Waals surface area contributed by atoms with Crippen molar-refractivity contribution in [3.63, 3.8) is 0 Å². The predicted octanol–water partition coefficient (Wildman–Crippen LogP) is 2.81. The first-order valence-electron chi connectivity index (χ1n) is 5.77. The average molecular weight is 321 g/mol. The molecule has 0 heterocycles. The molecule has 1 rings (SSSR count).